The van der Waals surface area contributed by atoms with Crippen molar-refractivity contribution in [3.63, 3.8) is 0 Å². The van der Waals surface area contributed by atoms with Crippen LogP contribution in [-0.4, -0.2) is 33.6 Å². The summed E-state index contributed by atoms with van der Waals surface area (Å²) in [6.07, 6.45) is -0.821. The number of anilines is 1. The predicted molar refractivity (Wildman–Crippen MR) is 158 cm³/mol. The molecule has 1 amide bonds. The summed E-state index contributed by atoms with van der Waals surface area (Å²) < 4.78 is 12.3. The van der Waals surface area contributed by atoms with E-state index >= 15 is 0 Å². The summed E-state index contributed by atoms with van der Waals surface area (Å²) in [6.45, 7) is 3.26. The standard InChI is InChI=1S/C32H25ClN4O6/c1-17-27(37(40)41)30(43-35-17)25-26(19-12-14-20(33)15-13-19)32(18(2)34-36(31(32)39)21-8-4-3-5-9-21)16-23-28(38)22-10-6-7-11-24(22)42-29(23)25/h3-15,23,25-26,29H,16H2,1-2H3. The number of carbonyl (C=O) groups is 2. The highest BCUT2D eigenvalue weighted by Gasteiger charge is 2.67. The lowest BCUT2D eigenvalue weighted by Crippen LogP contribution is -2.58. The summed E-state index contributed by atoms with van der Waals surface area (Å²) >= 11 is 6.29. The molecule has 5 unspecified atom stereocenters. The van der Waals surface area contributed by atoms with Crippen molar-refractivity contribution in [2.24, 2.45) is 16.4 Å². The SMILES string of the molecule is CC1=NN(c2ccccc2)C(=O)C12CC1C(=O)c3ccccc3OC1C(c1onc(C)c1[N+](=O)[O-])C2c1ccc(Cl)cc1. The summed E-state index contributed by atoms with van der Waals surface area (Å²) in [5, 5.41) is 23.0. The number of rotatable bonds is 4. The Hall–Kier alpha value is -4.83. The average molecular weight is 597 g/mol. The third kappa shape index (κ3) is 3.93. The quantitative estimate of drug-likeness (QED) is 0.195. The minimum Gasteiger partial charge on any atom is -0.488 e. The van der Waals surface area contributed by atoms with Gasteiger partial charge in [0.25, 0.3) is 5.91 Å². The third-order valence-electron chi connectivity index (χ3n) is 8.98. The molecule has 1 fully saturated rings. The van der Waals surface area contributed by atoms with Crippen LogP contribution in [0.25, 0.3) is 0 Å². The van der Waals surface area contributed by atoms with Crippen LogP contribution >= 0.6 is 11.6 Å². The zero-order valence-corrected chi connectivity index (χ0v) is 23.9. The molecule has 1 saturated carbocycles. The molecule has 3 aromatic carbocycles. The highest BCUT2D eigenvalue weighted by atomic mass is 35.5. The molecule has 1 spiro atoms. The second kappa shape index (κ2) is 9.88. The number of fused-ring (bicyclic) bond motifs is 2. The van der Waals surface area contributed by atoms with Crippen molar-refractivity contribution in [1.82, 2.24) is 5.16 Å². The first-order valence-corrected chi connectivity index (χ1v) is 14.2. The number of aryl methyl sites for hydroxylation is 1. The Morgan fingerprint density at radius 2 is 1.70 bits per heavy atom. The zero-order valence-electron chi connectivity index (χ0n) is 23.1. The second-order valence-corrected chi connectivity index (χ2v) is 11.6. The summed E-state index contributed by atoms with van der Waals surface area (Å²) in [4.78, 5) is 40.9. The van der Waals surface area contributed by atoms with E-state index in [1.54, 1.807) is 67.6 Å². The maximum atomic E-state index is 14.8. The number of hydrogen-bond donors (Lipinski definition) is 0. The van der Waals surface area contributed by atoms with Crippen LogP contribution in [0.2, 0.25) is 5.02 Å². The van der Waals surface area contributed by atoms with Gasteiger partial charge in [-0.1, -0.05) is 59.2 Å². The Kier molecular flexibility index (Phi) is 6.21. The van der Waals surface area contributed by atoms with Crippen LogP contribution in [0.5, 0.6) is 5.75 Å². The van der Waals surface area contributed by atoms with E-state index in [1.807, 2.05) is 18.2 Å². The van der Waals surface area contributed by atoms with Gasteiger partial charge in [-0.15, -0.1) is 0 Å². The lowest BCUT2D eigenvalue weighted by atomic mass is 9.52. The van der Waals surface area contributed by atoms with E-state index in [0.29, 0.717) is 33.3 Å². The maximum absolute atomic E-state index is 14.8. The van der Waals surface area contributed by atoms with Crippen LogP contribution in [-0.2, 0) is 4.79 Å². The van der Waals surface area contributed by atoms with Crippen LogP contribution in [0.1, 0.15) is 52.6 Å². The minimum atomic E-state index is -1.38. The van der Waals surface area contributed by atoms with E-state index in [2.05, 4.69) is 5.16 Å². The van der Waals surface area contributed by atoms with Crippen molar-refractivity contribution in [2.75, 3.05) is 5.01 Å². The van der Waals surface area contributed by atoms with E-state index in [0.717, 1.165) is 0 Å². The molecule has 43 heavy (non-hydrogen) atoms. The fourth-order valence-electron chi connectivity index (χ4n) is 7.10. The number of Topliss-reactive ketones (excluding diaryl/α,β-unsaturated/α-hetero) is 1. The molecular formula is C32H25ClN4O6. The van der Waals surface area contributed by atoms with Crippen LogP contribution in [0.3, 0.4) is 0 Å². The van der Waals surface area contributed by atoms with E-state index in [9.17, 15) is 19.7 Å². The molecule has 7 rings (SSSR count). The van der Waals surface area contributed by atoms with Gasteiger partial charge in [-0.05, 0) is 62.2 Å². The van der Waals surface area contributed by atoms with E-state index in [-0.39, 0.29) is 35.3 Å². The largest absolute Gasteiger partial charge is 0.488 e. The fraction of sp³-hybridized carbons (Fsp3) is 0.250. The number of ketones is 1. The number of nitrogens with zero attached hydrogens (tertiary/aromatic N) is 4. The van der Waals surface area contributed by atoms with Gasteiger partial charge in [-0.25, -0.2) is 0 Å². The molecule has 0 N–H and O–H groups in total. The van der Waals surface area contributed by atoms with Gasteiger partial charge in [0, 0.05) is 10.9 Å². The Labute approximate surface area is 251 Å². The van der Waals surface area contributed by atoms with Gasteiger partial charge in [-0.2, -0.15) is 10.1 Å². The van der Waals surface area contributed by atoms with Crippen molar-refractivity contribution in [1.29, 1.82) is 0 Å². The molecule has 0 saturated heterocycles. The molecular weight excluding hydrogens is 572 g/mol. The van der Waals surface area contributed by atoms with Crippen molar-refractivity contribution < 1.29 is 23.8 Å². The molecule has 5 atom stereocenters. The van der Waals surface area contributed by atoms with Crippen LogP contribution < -0.4 is 9.75 Å². The molecule has 1 aromatic heterocycles. The first kappa shape index (κ1) is 27.0. The van der Waals surface area contributed by atoms with Crippen LogP contribution in [0.15, 0.2) is 88.5 Å². The molecule has 3 aliphatic rings. The summed E-state index contributed by atoms with van der Waals surface area (Å²) in [5.74, 6) is -2.82. The smallest absolute Gasteiger partial charge is 0.334 e. The number of hydrazone groups is 1. The zero-order chi connectivity index (χ0) is 30.0. The molecule has 11 heteroatoms. The number of aromatic nitrogens is 1. The van der Waals surface area contributed by atoms with Gasteiger partial charge in [0.05, 0.1) is 39.1 Å². The number of para-hydroxylation sites is 2. The molecule has 4 aromatic rings. The minimum absolute atomic E-state index is 0.0533. The van der Waals surface area contributed by atoms with E-state index < -0.39 is 34.2 Å². The lowest BCUT2D eigenvalue weighted by Gasteiger charge is -2.51. The Morgan fingerprint density at radius 1 is 1.00 bits per heavy atom. The average Bonchev–Trinajstić information content (AvgIpc) is 3.51. The van der Waals surface area contributed by atoms with Crippen LogP contribution in [0, 0.1) is 28.4 Å². The highest BCUT2D eigenvalue weighted by Crippen LogP contribution is 2.62. The van der Waals surface area contributed by atoms with Crippen molar-refractivity contribution in [2.45, 2.75) is 38.2 Å². The summed E-state index contributed by atoms with van der Waals surface area (Å²) in [7, 11) is 0. The lowest BCUT2D eigenvalue weighted by molar-refractivity contribution is -0.387. The topological polar surface area (TPSA) is 128 Å². The number of carbonyl (C=O) groups excluding carboxylic acids is 2. The molecule has 3 heterocycles. The van der Waals surface area contributed by atoms with Crippen molar-refractivity contribution in [3.05, 3.63) is 117 Å². The van der Waals surface area contributed by atoms with Gasteiger partial charge in [0.15, 0.2) is 11.5 Å². The Balaban J connectivity index is 1.52. The Morgan fingerprint density at radius 3 is 2.42 bits per heavy atom. The third-order valence-corrected chi connectivity index (χ3v) is 9.23. The number of halogens is 1. The van der Waals surface area contributed by atoms with E-state index in [1.165, 1.54) is 11.9 Å². The predicted octanol–water partition coefficient (Wildman–Crippen LogP) is 6.48. The summed E-state index contributed by atoms with van der Waals surface area (Å²) in [5.41, 5.74) is 0.507. The number of nitro groups is 1. The maximum Gasteiger partial charge on any atom is 0.334 e. The van der Waals surface area contributed by atoms with Gasteiger partial charge in [0.1, 0.15) is 11.9 Å². The number of amides is 1. The molecule has 1 aliphatic carbocycles. The van der Waals surface area contributed by atoms with Crippen molar-refractivity contribution in [3.8, 4) is 5.75 Å². The number of ether oxygens (including phenoxy) is 1. The molecule has 2 aliphatic heterocycles. The van der Waals surface area contributed by atoms with Gasteiger partial charge >= 0.3 is 5.69 Å². The van der Waals surface area contributed by atoms with Gasteiger partial charge in [-0.3, -0.25) is 19.7 Å². The first-order valence-electron chi connectivity index (χ1n) is 13.8. The Bertz CT molecular complexity index is 1820. The highest BCUT2D eigenvalue weighted by molar-refractivity contribution is 6.30. The van der Waals surface area contributed by atoms with E-state index in [4.69, 9.17) is 26.0 Å². The van der Waals surface area contributed by atoms with Gasteiger partial charge in [0.2, 0.25) is 5.76 Å². The molecule has 216 valence electrons. The molecule has 10 nitrogen and oxygen atoms in total. The molecule has 0 bridgehead atoms. The van der Waals surface area contributed by atoms with Gasteiger partial charge < -0.3 is 9.26 Å². The fourth-order valence-corrected chi connectivity index (χ4v) is 7.23. The van der Waals surface area contributed by atoms with Crippen LogP contribution in [0.4, 0.5) is 11.4 Å². The normalized spacial score (nSPS) is 26.1. The first-order chi connectivity index (χ1) is 20.7. The monoisotopic (exact) mass is 596 g/mol. The number of hydrogen-bond acceptors (Lipinski definition) is 8. The van der Waals surface area contributed by atoms with Crippen molar-refractivity contribution >= 4 is 40.4 Å². The second-order valence-electron chi connectivity index (χ2n) is 11.2. The summed E-state index contributed by atoms with van der Waals surface area (Å²) in [6, 6.07) is 22.9. The number of benzene rings is 3. The molecule has 0 radical (unpaired) electrons.